The maximum absolute atomic E-state index is 12.3. The van der Waals surface area contributed by atoms with Crippen LogP contribution >= 0.6 is 0 Å². The van der Waals surface area contributed by atoms with Crippen LogP contribution in [0.5, 0.6) is 0 Å². The average molecular weight is 270 g/mol. The molecule has 100 valence electrons. The SMILES string of the molecule is O=C(O)c1cc2c(o1)CC1(C2)C(=O)Nc2ncccc21. The third-order valence-electron chi connectivity index (χ3n) is 4.05. The van der Waals surface area contributed by atoms with Gasteiger partial charge in [-0.3, -0.25) is 4.79 Å². The fraction of sp³-hybridized carbons (Fsp3) is 0.214. The summed E-state index contributed by atoms with van der Waals surface area (Å²) in [6.07, 6.45) is 2.46. The topological polar surface area (TPSA) is 92.4 Å². The second kappa shape index (κ2) is 3.47. The van der Waals surface area contributed by atoms with E-state index in [0.717, 1.165) is 11.1 Å². The van der Waals surface area contributed by atoms with E-state index in [1.165, 1.54) is 6.07 Å². The van der Waals surface area contributed by atoms with Gasteiger partial charge >= 0.3 is 5.97 Å². The van der Waals surface area contributed by atoms with Crippen LogP contribution in [0.1, 0.15) is 27.4 Å². The molecule has 0 aromatic carbocycles. The van der Waals surface area contributed by atoms with Crippen LogP contribution in [0.3, 0.4) is 0 Å². The Labute approximate surface area is 113 Å². The molecule has 6 heteroatoms. The molecule has 2 N–H and O–H groups in total. The fourth-order valence-electron chi connectivity index (χ4n) is 3.12. The second-order valence-electron chi connectivity index (χ2n) is 5.15. The van der Waals surface area contributed by atoms with E-state index in [4.69, 9.17) is 9.52 Å². The molecule has 1 aliphatic heterocycles. The van der Waals surface area contributed by atoms with Crippen LogP contribution in [-0.4, -0.2) is 22.0 Å². The Morgan fingerprint density at radius 1 is 1.45 bits per heavy atom. The van der Waals surface area contributed by atoms with Crippen molar-refractivity contribution in [2.24, 2.45) is 0 Å². The normalized spacial score (nSPS) is 22.7. The van der Waals surface area contributed by atoms with Gasteiger partial charge in [-0.05, 0) is 24.1 Å². The minimum atomic E-state index is -1.09. The van der Waals surface area contributed by atoms with Gasteiger partial charge in [0.05, 0.1) is 5.41 Å². The summed E-state index contributed by atoms with van der Waals surface area (Å²) in [4.78, 5) is 27.4. The first-order valence-corrected chi connectivity index (χ1v) is 6.22. The highest BCUT2D eigenvalue weighted by molar-refractivity contribution is 6.06. The van der Waals surface area contributed by atoms with Crippen LogP contribution in [-0.2, 0) is 23.1 Å². The number of pyridine rings is 1. The lowest BCUT2D eigenvalue weighted by Crippen LogP contribution is -2.35. The monoisotopic (exact) mass is 270 g/mol. The zero-order chi connectivity index (χ0) is 13.9. The quantitative estimate of drug-likeness (QED) is 0.816. The number of aromatic carboxylic acids is 1. The number of nitrogens with one attached hydrogen (secondary N) is 1. The molecule has 6 nitrogen and oxygen atoms in total. The molecule has 0 saturated carbocycles. The Bertz CT molecular complexity index is 739. The Balaban J connectivity index is 1.80. The molecule has 1 amide bonds. The zero-order valence-electron chi connectivity index (χ0n) is 10.3. The molecular formula is C14H10N2O4. The van der Waals surface area contributed by atoms with Gasteiger partial charge < -0.3 is 14.8 Å². The maximum Gasteiger partial charge on any atom is 0.371 e. The molecule has 0 radical (unpaired) electrons. The molecule has 2 aromatic rings. The number of rotatable bonds is 1. The molecule has 4 rings (SSSR count). The third-order valence-corrected chi connectivity index (χ3v) is 4.05. The largest absolute Gasteiger partial charge is 0.475 e. The number of carbonyl (C=O) groups excluding carboxylic acids is 1. The van der Waals surface area contributed by atoms with E-state index < -0.39 is 11.4 Å². The lowest BCUT2D eigenvalue weighted by Gasteiger charge is -2.19. The molecule has 20 heavy (non-hydrogen) atoms. The first-order chi connectivity index (χ1) is 9.60. The zero-order valence-corrected chi connectivity index (χ0v) is 10.3. The van der Waals surface area contributed by atoms with E-state index in [1.54, 1.807) is 12.3 Å². The molecule has 3 heterocycles. The molecule has 1 unspecified atom stereocenters. The molecule has 0 fully saturated rings. The first-order valence-electron chi connectivity index (χ1n) is 6.22. The number of carboxylic acid groups (broad SMARTS) is 1. The molecule has 1 aliphatic carbocycles. The van der Waals surface area contributed by atoms with Gasteiger partial charge in [0.1, 0.15) is 11.6 Å². The van der Waals surface area contributed by atoms with Crippen molar-refractivity contribution >= 4 is 17.7 Å². The van der Waals surface area contributed by atoms with Gasteiger partial charge in [0.2, 0.25) is 11.7 Å². The van der Waals surface area contributed by atoms with Gasteiger partial charge in [-0.15, -0.1) is 0 Å². The third kappa shape index (κ3) is 1.25. The van der Waals surface area contributed by atoms with Crippen molar-refractivity contribution in [3.05, 3.63) is 47.0 Å². The number of furan rings is 1. The molecular weight excluding hydrogens is 260 g/mol. The molecule has 2 aromatic heterocycles. The molecule has 1 spiro atoms. The highest BCUT2D eigenvalue weighted by Crippen LogP contribution is 2.47. The summed E-state index contributed by atoms with van der Waals surface area (Å²) in [7, 11) is 0. The van der Waals surface area contributed by atoms with E-state index in [1.807, 2.05) is 6.07 Å². The number of fused-ring (bicyclic) bond motifs is 3. The van der Waals surface area contributed by atoms with E-state index >= 15 is 0 Å². The van der Waals surface area contributed by atoms with Crippen LogP contribution in [0, 0.1) is 0 Å². The summed E-state index contributed by atoms with van der Waals surface area (Å²) in [5, 5.41) is 11.7. The van der Waals surface area contributed by atoms with Crippen molar-refractivity contribution in [3.8, 4) is 0 Å². The van der Waals surface area contributed by atoms with Gasteiger partial charge in [0.25, 0.3) is 0 Å². The van der Waals surface area contributed by atoms with E-state index in [2.05, 4.69) is 10.3 Å². The summed E-state index contributed by atoms with van der Waals surface area (Å²) in [5.74, 6) is -0.106. The summed E-state index contributed by atoms with van der Waals surface area (Å²) >= 11 is 0. The van der Waals surface area contributed by atoms with Crippen LogP contribution < -0.4 is 5.32 Å². The number of anilines is 1. The van der Waals surface area contributed by atoms with E-state index in [0.29, 0.717) is 24.4 Å². The highest BCUT2D eigenvalue weighted by atomic mass is 16.4. The van der Waals surface area contributed by atoms with Gasteiger partial charge in [0.15, 0.2) is 0 Å². The molecule has 1 atom stereocenters. The molecule has 2 aliphatic rings. The van der Waals surface area contributed by atoms with Crippen molar-refractivity contribution in [1.29, 1.82) is 0 Å². The first kappa shape index (κ1) is 11.2. The summed E-state index contributed by atoms with van der Waals surface area (Å²) in [6, 6.07) is 5.18. The van der Waals surface area contributed by atoms with Crippen LogP contribution in [0.15, 0.2) is 28.8 Å². The van der Waals surface area contributed by atoms with Crippen molar-refractivity contribution in [3.63, 3.8) is 0 Å². The number of amides is 1. The fourth-order valence-corrected chi connectivity index (χ4v) is 3.12. The maximum atomic E-state index is 12.3. The molecule has 0 saturated heterocycles. The number of carbonyl (C=O) groups is 2. The van der Waals surface area contributed by atoms with E-state index in [9.17, 15) is 9.59 Å². The van der Waals surface area contributed by atoms with Crippen LogP contribution in [0.4, 0.5) is 5.82 Å². The summed E-state index contributed by atoms with van der Waals surface area (Å²) in [5.41, 5.74) is 0.942. The number of aromatic nitrogens is 1. The Kier molecular flexibility index (Phi) is 1.95. The van der Waals surface area contributed by atoms with E-state index in [-0.39, 0.29) is 11.7 Å². The van der Waals surface area contributed by atoms with Gasteiger partial charge in [-0.1, -0.05) is 6.07 Å². The summed E-state index contributed by atoms with van der Waals surface area (Å²) < 4.78 is 5.34. The minimum Gasteiger partial charge on any atom is -0.475 e. The highest BCUT2D eigenvalue weighted by Gasteiger charge is 2.52. The Morgan fingerprint density at radius 2 is 2.30 bits per heavy atom. The van der Waals surface area contributed by atoms with Gasteiger partial charge in [0, 0.05) is 18.2 Å². The average Bonchev–Trinajstić information content (AvgIpc) is 3.02. The van der Waals surface area contributed by atoms with Crippen LogP contribution in [0.25, 0.3) is 0 Å². The standard InChI is InChI=1S/C14H10N2O4/c17-12(18)9-4-7-5-14(6-10(7)20-9)8-2-1-3-15-11(8)16-13(14)19/h1-4H,5-6H2,(H,17,18)(H,15,16,19). The number of nitrogens with zero attached hydrogens (tertiary/aromatic N) is 1. The number of hydrogen-bond acceptors (Lipinski definition) is 4. The predicted octanol–water partition coefficient (Wildman–Crippen LogP) is 1.36. The lowest BCUT2D eigenvalue weighted by atomic mass is 9.80. The smallest absolute Gasteiger partial charge is 0.371 e. The van der Waals surface area contributed by atoms with Gasteiger partial charge in [-0.2, -0.15) is 0 Å². The molecule has 0 bridgehead atoms. The van der Waals surface area contributed by atoms with Crippen molar-refractivity contribution in [1.82, 2.24) is 4.98 Å². The second-order valence-corrected chi connectivity index (χ2v) is 5.15. The van der Waals surface area contributed by atoms with Crippen LogP contribution in [0.2, 0.25) is 0 Å². The van der Waals surface area contributed by atoms with Crippen molar-refractivity contribution in [2.75, 3.05) is 5.32 Å². The van der Waals surface area contributed by atoms with Gasteiger partial charge in [-0.25, -0.2) is 9.78 Å². The number of carboxylic acids is 1. The van der Waals surface area contributed by atoms with Crippen molar-refractivity contribution in [2.45, 2.75) is 18.3 Å². The Morgan fingerprint density at radius 3 is 3.05 bits per heavy atom. The van der Waals surface area contributed by atoms with Crippen molar-refractivity contribution < 1.29 is 19.1 Å². The lowest BCUT2D eigenvalue weighted by molar-refractivity contribution is -0.120. The minimum absolute atomic E-state index is 0.0744. The summed E-state index contributed by atoms with van der Waals surface area (Å²) in [6.45, 7) is 0. The Hall–Kier alpha value is -2.63. The number of hydrogen-bond donors (Lipinski definition) is 2. The predicted molar refractivity (Wildman–Crippen MR) is 67.6 cm³/mol.